The largest absolute Gasteiger partial charge is 0.378 e. The number of hydrogen-bond donors (Lipinski definition) is 2. The number of carbonyl (C=O) groups is 1. The van der Waals surface area contributed by atoms with Gasteiger partial charge in [0.25, 0.3) is 0 Å². The molecule has 1 saturated heterocycles. The topological polar surface area (TPSA) is 50.4 Å². The Morgan fingerprint density at radius 1 is 1.61 bits per heavy atom. The lowest BCUT2D eigenvalue weighted by atomic mass is 10.2. The standard InChI is InChI=1S/C12H18N2O2S.ClH/c15-12(8-10-9-16-6-5-13-10)14-4-3-11-2-1-7-17-11;/h1-2,7,10,13H,3-6,8-9H2,(H,14,15);1H. The van der Waals surface area contributed by atoms with Gasteiger partial charge in [0.2, 0.25) is 5.91 Å². The Balaban J connectivity index is 0.00000162. The zero-order chi connectivity index (χ0) is 11.9. The fourth-order valence-electron chi connectivity index (χ4n) is 1.83. The van der Waals surface area contributed by atoms with Gasteiger partial charge in [-0.25, -0.2) is 0 Å². The maximum Gasteiger partial charge on any atom is 0.221 e. The first-order valence-corrected chi connectivity index (χ1v) is 6.83. The molecule has 1 unspecified atom stereocenters. The van der Waals surface area contributed by atoms with Crippen molar-refractivity contribution in [2.75, 3.05) is 26.3 Å². The molecule has 2 rings (SSSR count). The van der Waals surface area contributed by atoms with E-state index in [0.29, 0.717) is 19.6 Å². The Labute approximate surface area is 118 Å². The molecule has 1 aliphatic heterocycles. The minimum absolute atomic E-state index is 0. The van der Waals surface area contributed by atoms with Crippen molar-refractivity contribution < 1.29 is 9.53 Å². The molecule has 0 bridgehead atoms. The van der Waals surface area contributed by atoms with Gasteiger partial charge in [0.05, 0.1) is 13.2 Å². The molecular formula is C12H19ClN2O2S. The van der Waals surface area contributed by atoms with Crippen molar-refractivity contribution in [1.29, 1.82) is 0 Å². The molecule has 6 heteroatoms. The summed E-state index contributed by atoms with van der Waals surface area (Å²) in [6.07, 6.45) is 1.42. The van der Waals surface area contributed by atoms with Crippen LogP contribution in [0.5, 0.6) is 0 Å². The Kier molecular flexibility index (Phi) is 7.27. The lowest BCUT2D eigenvalue weighted by molar-refractivity contribution is -0.122. The Morgan fingerprint density at radius 2 is 2.50 bits per heavy atom. The van der Waals surface area contributed by atoms with Gasteiger partial charge < -0.3 is 15.4 Å². The Morgan fingerprint density at radius 3 is 3.17 bits per heavy atom. The van der Waals surface area contributed by atoms with Crippen LogP contribution >= 0.6 is 23.7 Å². The molecule has 0 radical (unpaired) electrons. The normalized spacial score (nSPS) is 19.0. The number of thiophene rings is 1. The van der Waals surface area contributed by atoms with Gasteiger partial charge in [-0.3, -0.25) is 4.79 Å². The number of halogens is 1. The smallest absolute Gasteiger partial charge is 0.221 e. The molecule has 0 aliphatic carbocycles. The predicted molar refractivity (Wildman–Crippen MR) is 75.5 cm³/mol. The van der Waals surface area contributed by atoms with Gasteiger partial charge >= 0.3 is 0 Å². The minimum Gasteiger partial charge on any atom is -0.378 e. The summed E-state index contributed by atoms with van der Waals surface area (Å²) in [5.74, 6) is 0.101. The summed E-state index contributed by atoms with van der Waals surface area (Å²) in [6, 6.07) is 4.30. The van der Waals surface area contributed by atoms with E-state index in [4.69, 9.17) is 4.74 Å². The SMILES string of the molecule is Cl.O=C(CC1COCCN1)NCCc1cccs1. The van der Waals surface area contributed by atoms with Crippen molar-refractivity contribution in [3.63, 3.8) is 0 Å². The Hall–Kier alpha value is -0.620. The first-order chi connectivity index (χ1) is 8.34. The van der Waals surface area contributed by atoms with Crippen molar-refractivity contribution in [3.8, 4) is 0 Å². The highest BCUT2D eigenvalue weighted by Crippen LogP contribution is 2.08. The lowest BCUT2D eigenvalue weighted by Gasteiger charge is -2.23. The minimum atomic E-state index is 0. The van der Waals surface area contributed by atoms with Crippen LogP contribution < -0.4 is 10.6 Å². The van der Waals surface area contributed by atoms with Gasteiger partial charge in [-0.1, -0.05) is 6.07 Å². The summed E-state index contributed by atoms with van der Waals surface area (Å²) in [5, 5.41) is 8.27. The molecule has 1 amide bonds. The number of ether oxygens (including phenoxy) is 1. The molecule has 0 aromatic carbocycles. The molecule has 1 fully saturated rings. The van der Waals surface area contributed by atoms with Crippen LogP contribution in [0, 0.1) is 0 Å². The highest BCUT2D eigenvalue weighted by molar-refractivity contribution is 7.09. The second kappa shape index (κ2) is 8.48. The van der Waals surface area contributed by atoms with E-state index in [2.05, 4.69) is 22.1 Å². The van der Waals surface area contributed by atoms with Gasteiger partial charge in [0.1, 0.15) is 0 Å². The lowest BCUT2D eigenvalue weighted by Crippen LogP contribution is -2.44. The van der Waals surface area contributed by atoms with E-state index in [1.54, 1.807) is 11.3 Å². The van der Waals surface area contributed by atoms with Crippen LogP contribution in [-0.2, 0) is 16.0 Å². The second-order valence-corrected chi connectivity index (χ2v) is 5.14. The number of rotatable bonds is 5. The van der Waals surface area contributed by atoms with E-state index in [-0.39, 0.29) is 24.4 Å². The van der Waals surface area contributed by atoms with Crippen molar-refractivity contribution >= 4 is 29.7 Å². The Bertz CT molecular complexity index is 340. The van der Waals surface area contributed by atoms with Crippen LogP contribution in [-0.4, -0.2) is 38.3 Å². The number of amides is 1. The summed E-state index contributed by atoms with van der Waals surface area (Å²) in [7, 11) is 0. The molecule has 18 heavy (non-hydrogen) atoms. The van der Waals surface area contributed by atoms with E-state index in [9.17, 15) is 4.79 Å². The fraction of sp³-hybridized carbons (Fsp3) is 0.583. The van der Waals surface area contributed by atoms with Crippen LogP contribution in [0.15, 0.2) is 17.5 Å². The monoisotopic (exact) mass is 290 g/mol. The maximum atomic E-state index is 11.6. The molecule has 2 N–H and O–H groups in total. The number of hydrogen-bond acceptors (Lipinski definition) is 4. The zero-order valence-corrected chi connectivity index (χ0v) is 11.8. The van der Waals surface area contributed by atoms with E-state index in [1.807, 2.05) is 6.07 Å². The van der Waals surface area contributed by atoms with Crippen LogP contribution in [0.2, 0.25) is 0 Å². The van der Waals surface area contributed by atoms with Crippen LogP contribution in [0.4, 0.5) is 0 Å². The third-order valence-electron chi connectivity index (χ3n) is 2.70. The van der Waals surface area contributed by atoms with E-state index in [1.165, 1.54) is 4.88 Å². The molecule has 1 atom stereocenters. The van der Waals surface area contributed by atoms with E-state index in [0.717, 1.165) is 19.6 Å². The summed E-state index contributed by atoms with van der Waals surface area (Å²) in [5.41, 5.74) is 0. The molecule has 0 saturated carbocycles. The average Bonchev–Trinajstić information content (AvgIpc) is 2.83. The van der Waals surface area contributed by atoms with Crippen molar-refractivity contribution in [3.05, 3.63) is 22.4 Å². The zero-order valence-electron chi connectivity index (χ0n) is 10.2. The molecule has 4 nitrogen and oxygen atoms in total. The number of carbonyl (C=O) groups excluding carboxylic acids is 1. The molecule has 1 aliphatic rings. The molecule has 1 aromatic heterocycles. The molecule has 2 heterocycles. The molecule has 102 valence electrons. The number of nitrogens with one attached hydrogen (secondary N) is 2. The van der Waals surface area contributed by atoms with Gasteiger partial charge in [-0.15, -0.1) is 23.7 Å². The van der Waals surface area contributed by atoms with Gasteiger partial charge in [-0.05, 0) is 17.9 Å². The third kappa shape index (κ3) is 5.35. The molecular weight excluding hydrogens is 272 g/mol. The van der Waals surface area contributed by atoms with Crippen molar-refractivity contribution in [2.24, 2.45) is 0 Å². The quantitative estimate of drug-likeness (QED) is 0.857. The highest BCUT2D eigenvalue weighted by Gasteiger charge is 2.16. The van der Waals surface area contributed by atoms with Crippen LogP contribution in [0.1, 0.15) is 11.3 Å². The van der Waals surface area contributed by atoms with Crippen molar-refractivity contribution in [1.82, 2.24) is 10.6 Å². The first kappa shape index (κ1) is 15.4. The van der Waals surface area contributed by atoms with Crippen molar-refractivity contribution in [2.45, 2.75) is 18.9 Å². The number of morpholine rings is 1. The van der Waals surface area contributed by atoms with Crippen LogP contribution in [0.25, 0.3) is 0 Å². The van der Waals surface area contributed by atoms with E-state index < -0.39 is 0 Å². The predicted octanol–water partition coefficient (Wildman–Crippen LogP) is 1.21. The van der Waals surface area contributed by atoms with Crippen LogP contribution in [0.3, 0.4) is 0 Å². The highest BCUT2D eigenvalue weighted by atomic mass is 35.5. The summed E-state index contributed by atoms with van der Waals surface area (Å²) >= 11 is 1.73. The maximum absolute atomic E-state index is 11.6. The van der Waals surface area contributed by atoms with Gasteiger partial charge in [-0.2, -0.15) is 0 Å². The summed E-state index contributed by atoms with van der Waals surface area (Å²) in [6.45, 7) is 2.94. The second-order valence-electron chi connectivity index (χ2n) is 4.11. The first-order valence-electron chi connectivity index (χ1n) is 5.95. The molecule has 0 spiro atoms. The summed E-state index contributed by atoms with van der Waals surface area (Å²) < 4.78 is 5.31. The van der Waals surface area contributed by atoms with E-state index >= 15 is 0 Å². The molecule has 1 aromatic rings. The van der Waals surface area contributed by atoms with Gasteiger partial charge in [0, 0.05) is 30.4 Å². The average molecular weight is 291 g/mol. The summed E-state index contributed by atoms with van der Waals surface area (Å²) in [4.78, 5) is 12.9. The third-order valence-corrected chi connectivity index (χ3v) is 3.64. The fourth-order valence-corrected chi connectivity index (χ4v) is 2.54. The van der Waals surface area contributed by atoms with Gasteiger partial charge in [0.15, 0.2) is 0 Å².